The summed E-state index contributed by atoms with van der Waals surface area (Å²) in [4.78, 5) is 0. The monoisotopic (exact) mass is 77.1 g/mol. The van der Waals surface area contributed by atoms with E-state index in [1.165, 1.54) is 7.06 Å². The highest BCUT2D eigenvalue weighted by Gasteiger charge is 1.77. The van der Waals surface area contributed by atoms with Crippen LogP contribution in [0, 0.1) is 0 Å². The van der Waals surface area contributed by atoms with Crippen LogP contribution in [0.5, 0.6) is 0 Å². The van der Waals surface area contributed by atoms with E-state index >= 15 is 0 Å². The molecule has 0 bridgehead atoms. The Hall–Kier alpha value is 0.455. The quantitative estimate of drug-likeness (QED) is 0.314. The van der Waals surface area contributed by atoms with Crippen LogP contribution in [-0.2, 0) is 0 Å². The van der Waals surface area contributed by atoms with Crippen molar-refractivity contribution in [3.8, 4) is 0 Å². The molecule has 0 aliphatic rings. The normalized spacial score (nSPS) is 7.86. The lowest BCUT2D eigenvalue weighted by atomic mass is 8.76. The van der Waals surface area contributed by atoms with Gasteiger partial charge in [0, 0.05) is 0 Å². The van der Waals surface area contributed by atoms with Gasteiger partial charge in [-0.2, -0.15) is 0 Å². The maximum atomic E-state index is 5.19. The van der Waals surface area contributed by atoms with Gasteiger partial charge < -0.3 is 29.6 Å². The van der Waals surface area contributed by atoms with Crippen LogP contribution in [-0.4, -0.2) is 50.8 Å². The summed E-state index contributed by atoms with van der Waals surface area (Å²) in [5.74, 6) is 0. The van der Waals surface area contributed by atoms with E-state index in [0.717, 1.165) is 0 Å². The first-order chi connectivity index (χ1) is 3.18. The van der Waals surface area contributed by atoms with Crippen LogP contribution >= 0.6 is 0 Å². The van der Waals surface area contributed by atoms with Crippen LogP contribution in [0.4, 0.5) is 0 Å². The molecule has 0 aliphatic heterocycles. The van der Waals surface area contributed by atoms with E-state index in [1.54, 1.807) is 0 Å². The summed E-state index contributed by atoms with van der Waals surface area (Å²) in [6.45, 7) is 0. The highest BCUT2D eigenvalue weighted by atomic mass is 12.9. The van der Waals surface area contributed by atoms with Gasteiger partial charge in [0.1, 0.15) is 0 Å². The molecule has 0 unspecified atom stereocenters. The molecule has 0 amide bonds. The van der Waals surface area contributed by atoms with Gasteiger partial charge in [0.15, 0.2) is 0 Å². The van der Waals surface area contributed by atoms with Gasteiger partial charge in [-0.1, -0.05) is 0 Å². The molecule has 0 rings (SSSR count). The minimum atomic E-state index is -0.537. The molecule has 0 aromatic heterocycles. The number of rotatable bonds is 2. The van der Waals surface area contributed by atoms with Crippen molar-refractivity contribution in [1.29, 1.82) is 0 Å². The largest absolute Gasteiger partial charge is 0.729 e. The molecule has 7 heavy (non-hydrogen) atoms. The Bertz CT molecular complexity index is 37.3. The zero-order valence-corrected chi connectivity index (χ0v) is 4.04. The molecule has 0 aromatic carbocycles. The van der Waals surface area contributed by atoms with E-state index in [0.29, 0.717) is 0 Å². The summed E-state index contributed by atoms with van der Waals surface area (Å²) in [5.41, 5.74) is 0. The summed E-state index contributed by atoms with van der Waals surface area (Å²) < 4.78 is 0. The van der Waals surface area contributed by atoms with Crippen molar-refractivity contribution in [3.63, 3.8) is 0 Å². The number of hydrogen-bond donors (Lipinski definition) is 0. The average molecular weight is 75.7 g/mol. The van der Waals surface area contributed by atoms with Crippen molar-refractivity contribution >= 4 is 50.8 Å². The molecule has 0 aromatic rings. The van der Waals surface area contributed by atoms with Crippen molar-refractivity contribution < 1.29 is 0 Å². The topological polar surface area (TPSA) is 0 Å². The second-order valence-electron chi connectivity index (χ2n) is 1.35. The summed E-state index contributed by atoms with van der Waals surface area (Å²) in [7, 11) is 21.6. The summed E-state index contributed by atoms with van der Waals surface area (Å²) >= 11 is 0. The van der Waals surface area contributed by atoms with Gasteiger partial charge in [-0.15, -0.1) is 6.39 Å². The van der Waals surface area contributed by atoms with E-state index in [2.05, 4.69) is 0 Å². The SMILES string of the molecule is [B]B([B][B-])B([B-])[B-]. The van der Waals surface area contributed by atoms with Crippen molar-refractivity contribution in [2.75, 3.05) is 0 Å². The predicted molar refractivity (Wildman–Crippen MR) is 40.3 cm³/mol. The molecule has 0 aliphatic carbocycles. The fraction of sp³-hybridized carbons (Fsp3) is 0. The van der Waals surface area contributed by atoms with Gasteiger partial charge >= 0.3 is 0 Å². The molecule has 0 saturated carbocycles. The van der Waals surface area contributed by atoms with Gasteiger partial charge in [-0.3, -0.25) is 7.06 Å². The molecule has 0 heterocycles. The summed E-state index contributed by atoms with van der Waals surface area (Å²) in [5, 5.41) is 0. The van der Waals surface area contributed by atoms with Gasteiger partial charge in [0.25, 0.3) is 0 Å². The van der Waals surface area contributed by atoms with E-state index in [9.17, 15) is 0 Å². The molecule has 0 nitrogen and oxygen atoms in total. The molecule has 0 N–H and O–H groups in total. The van der Waals surface area contributed by atoms with Crippen molar-refractivity contribution in [3.05, 3.63) is 0 Å². The lowest BCUT2D eigenvalue weighted by molar-refractivity contribution is 3.70. The van der Waals surface area contributed by atoms with E-state index in [4.69, 9.17) is 30.9 Å². The maximum absolute atomic E-state index is 5.19. The van der Waals surface area contributed by atoms with E-state index in [-0.39, 0.29) is 6.39 Å². The molecule has 0 spiro atoms. The Morgan fingerprint density at radius 2 is 1.86 bits per heavy atom. The molecule has 0 fully saturated rings. The van der Waals surface area contributed by atoms with Crippen LogP contribution in [0.15, 0.2) is 0 Å². The average Bonchev–Trinajstić information content (AvgIpc) is 1.65. The minimum absolute atomic E-state index is 0.389. The third-order valence-corrected chi connectivity index (χ3v) is 0.667. The molecule has 24 valence electrons. The van der Waals surface area contributed by atoms with E-state index in [1.807, 2.05) is 0 Å². The van der Waals surface area contributed by atoms with Crippen LogP contribution in [0.25, 0.3) is 0 Å². The third-order valence-electron chi connectivity index (χ3n) is 0.667. The fourth-order valence-electron chi connectivity index (χ4n) is 0.128. The Morgan fingerprint density at radius 3 is 1.86 bits per heavy atom. The highest BCUT2D eigenvalue weighted by molar-refractivity contribution is 7.81. The van der Waals surface area contributed by atoms with Crippen LogP contribution in [0.2, 0.25) is 0 Å². The van der Waals surface area contributed by atoms with E-state index < -0.39 is 6.39 Å². The zero-order valence-electron chi connectivity index (χ0n) is 4.04. The van der Waals surface area contributed by atoms with Crippen LogP contribution in [0.3, 0.4) is 0 Å². The Labute approximate surface area is 51.5 Å². The van der Waals surface area contributed by atoms with Gasteiger partial charge in [-0.05, 0) is 7.74 Å². The Morgan fingerprint density at radius 1 is 1.43 bits per heavy atom. The van der Waals surface area contributed by atoms with Crippen molar-refractivity contribution in [2.24, 2.45) is 0 Å². The fourth-order valence-corrected chi connectivity index (χ4v) is 0.128. The standard InChI is InChI=1S/B7/c1-5-7(4)6(2)3/q-3. The first-order valence-corrected chi connectivity index (χ1v) is 2.00. The lowest BCUT2D eigenvalue weighted by Gasteiger charge is -2.43. The highest BCUT2D eigenvalue weighted by Crippen LogP contribution is 1.68. The minimum Gasteiger partial charge on any atom is -0.729 e. The summed E-state index contributed by atoms with van der Waals surface area (Å²) in [6.07, 6.45) is -0.926. The molecular formula is B7-3. The van der Waals surface area contributed by atoms with Crippen LogP contribution in [0.1, 0.15) is 0 Å². The first-order valence-electron chi connectivity index (χ1n) is 2.00. The Kier molecular flexibility index (Phi) is 3.68. The lowest BCUT2D eigenvalue weighted by Crippen LogP contribution is -2.43. The maximum Gasteiger partial charge on any atom is -0.00898 e. The Balaban J connectivity index is 3.14. The van der Waals surface area contributed by atoms with Gasteiger partial charge in [-0.25, -0.2) is 0 Å². The molecule has 7 heteroatoms. The molecule has 12 radical (unpaired) electrons. The third kappa shape index (κ3) is 3.07. The number of hydrogen-bond acceptors (Lipinski definition) is 0. The van der Waals surface area contributed by atoms with Crippen molar-refractivity contribution in [2.45, 2.75) is 0 Å². The molecule has 0 atom stereocenters. The first kappa shape index (κ1) is 7.45. The van der Waals surface area contributed by atoms with Gasteiger partial charge in [0.05, 0.1) is 0 Å². The van der Waals surface area contributed by atoms with Crippen LogP contribution < -0.4 is 0 Å². The van der Waals surface area contributed by atoms with Crippen molar-refractivity contribution in [1.82, 2.24) is 0 Å². The van der Waals surface area contributed by atoms with Gasteiger partial charge in [0.2, 0.25) is 0 Å². The molecular weight excluding hydrogens is 75.7 g/mol. The second kappa shape index (κ2) is 3.46. The second-order valence-corrected chi connectivity index (χ2v) is 1.35. The molecule has 0 saturated heterocycles. The predicted octanol–water partition coefficient (Wildman–Crippen LogP) is -2.67. The summed E-state index contributed by atoms with van der Waals surface area (Å²) in [6, 6.07) is 0. The zero-order chi connectivity index (χ0) is 5.86. The smallest absolute Gasteiger partial charge is 0.00898 e.